The Hall–Kier alpha value is -3.41. The second-order valence-corrected chi connectivity index (χ2v) is 10.1. The van der Waals surface area contributed by atoms with Gasteiger partial charge >= 0.3 is 6.09 Å². The number of aromatic nitrogens is 2. The number of amides is 2. The van der Waals surface area contributed by atoms with Crippen molar-refractivity contribution in [1.82, 2.24) is 20.4 Å². The van der Waals surface area contributed by atoms with Gasteiger partial charge in [0.2, 0.25) is 5.91 Å². The topological polar surface area (TPSA) is 111 Å². The molecule has 4 atom stereocenters. The molecular weight excluding hydrogens is 437 g/mol. The number of piperidine rings is 1. The van der Waals surface area contributed by atoms with Crippen LogP contribution in [0.25, 0.3) is 11.1 Å². The Morgan fingerprint density at radius 3 is 2.76 bits per heavy atom. The van der Waals surface area contributed by atoms with Gasteiger partial charge in [-0.1, -0.05) is 12.1 Å². The van der Waals surface area contributed by atoms with Crippen LogP contribution in [0.15, 0.2) is 24.4 Å². The number of nitrogens with one attached hydrogen (secondary N) is 2. The molecule has 2 bridgehead atoms. The van der Waals surface area contributed by atoms with Crippen LogP contribution in [-0.2, 0) is 16.0 Å². The summed E-state index contributed by atoms with van der Waals surface area (Å²) in [5.41, 5.74) is 1.89. The molecule has 2 aromatic rings. The number of aryl methyl sites for hydroxylation is 1. The molecule has 9 heteroatoms. The molecule has 2 N–H and O–H groups in total. The van der Waals surface area contributed by atoms with Crippen LogP contribution >= 0.6 is 0 Å². The van der Waals surface area contributed by atoms with Crippen LogP contribution in [0, 0.1) is 30.0 Å². The normalized spacial score (nSPS) is 22.4. The van der Waals surface area contributed by atoms with E-state index < -0.39 is 35.5 Å². The van der Waals surface area contributed by atoms with Crippen LogP contribution in [-0.4, -0.2) is 50.8 Å². The number of hydrogen-bond donors (Lipinski definition) is 2. The third-order valence-electron chi connectivity index (χ3n) is 6.55. The van der Waals surface area contributed by atoms with E-state index in [-0.39, 0.29) is 18.4 Å². The Labute approximate surface area is 198 Å². The minimum atomic E-state index is -0.928. The number of nitriles is 1. The number of rotatable bonds is 5. The van der Waals surface area contributed by atoms with E-state index in [1.807, 2.05) is 6.92 Å². The lowest BCUT2D eigenvalue weighted by atomic mass is 9.97. The molecule has 1 aliphatic heterocycles. The first-order chi connectivity index (χ1) is 16.1. The number of hydrogen-bond acceptors (Lipinski definition) is 5. The van der Waals surface area contributed by atoms with E-state index in [0.717, 1.165) is 30.5 Å². The fourth-order valence-corrected chi connectivity index (χ4v) is 5.04. The summed E-state index contributed by atoms with van der Waals surface area (Å²) >= 11 is 0. The number of nitrogens with zero attached hydrogens (tertiary/aromatic N) is 3. The van der Waals surface area contributed by atoms with Gasteiger partial charge in [-0.05, 0) is 70.1 Å². The van der Waals surface area contributed by atoms with E-state index in [4.69, 9.17) is 4.74 Å². The smallest absolute Gasteiger partial charge is 0.411 e. The van der Waals surface area contributed by atoms with Crippen LogP contribution in [0.5, 0.6) is 0 Å². The lowest BCUT2D eigenvalue weighted by molar-refractivity contribution is -0.128. The summed E-state index contributed by atoms with van der Waals surface area (Å²) in [6, 6.07) is 5.22. The Morgan fingerprint density at radius 1 is 1.38 bits per heavy atom. The van der Waals surface area contributed by atoms with Crippen molar-refractivity contribution < 1.29 is 18.7 Å². The number of benzene rings is 1. The molecule has 1 saturated carbocycles. The summed E-state index contributed by atoms with van der Waals surface area (Å²) in [6.45, 7) is 7.18. The van der Waals surface area contributed by atoms with Gasteiger partial charge in [0.25, 0.3) is 0 Å². The molecule has 0 radical (unpaired) electrons. The highest BCUT2D eigenvalue weighted by atomic mass is 19.1. The molecule has 2 heterocycles. The number of fused-ring (bicyclic) bond motifs is 2. The van der Waals surface area contributed by atoms with Gasteiger partial charge in [0, 0.05) is 24.2 Å². The van der Waals surface area contributed by atoms with Gasteiger partial charge in [0.05, 0.1) is 11.8 Å². The monoisotopic (exact) mass is 467 g/mol. The molecule has 4 rings (SSSR count). The standard InChI is InChI=1S/C25H30FN5O3/c1-14-20(13-28-30-14)15-5-6-16(21(26)11-15)9-18(12-27)29-23(32)22-17-7-8-19(10-17)31(22)24(33)34-25(2,3)4/h5-6,11,13,17-19,22H,7-10H2,1-4H3,(H,28,30)(H,29,32)/t17?,18?,19-,22+/m1/s1. The number of halogens is 1. The van der Waals surface area contributed by atoms with Crippen LogP contribution in [0.2, 0.25) is 0 Å². The van der Waals surface area contributed by atoms with Crippen molar-refractivity contribution in [3.63, 3.8) is 0 Å². The summed E-state index contributed by atoms with van der Waals surface area (Å²) in [7, 11) is 0. The average molecular weight is 468 g/mol. The third-order valence-corrected chi connectivity index (χ3v) is 6.55. The Morgan fingerprint density at radius 2 is 2.15 bits per heavy atom. The van der Waals surface area contributed by atoms with Crippen LogP contribution < -0.4 is 5.32 Å². The van der Waals surface area contributed by atoms with Crippen molar-refractivity contribution in [2.75, 3.05) is 0 Å². The zero-order chi connectivity index (χ0) is 24.6. The largest absolute Gasteiger partial charge is 0.444 e. The van der Waals surface area contributed by atoms with Gasteiger partial charge in [-0.25, -0.2) is 9.18 Å². The molecule has 1 saturated heterocycles. The van der Waals surface area contributed by atoms with Crippen molar-refractivity contribution >= 4 is 12.0 Å². The van der Waals surface area contributed by atoms with Gasteiger partial charge in [0.15, 0.2) is 0 Å². The number of carbonyl (C=O) groups excluding carboxylic acids is 2. The van der Waals surface area contributed by atoms with Gasteiger partial charge < -0.3 is 10.1 Å². The molecule has 2 amide bonds. The number of likely N-dealkylation sites (tertiary alicyclic amines) is 1. The molecule has 8 nitrogen and oxygen atoms in total. The van der Waals surface area contributed by atoms with Crippen LogP contribution in [0.3, 0.4) is 0 Å². The second-order valence-electron chi connectivity index (χ2n) is 10.1. The van der Waals surface area contributed by atoms with E-state index >= 15 is 0 Å². The van der Waals surface area contributed by atoms with Crippen molar-refractivity contribution in [3.05, 3.63) is 41.5 Å². The molecule has 34 heavy (non-hydrogen) atoms. The predicted octanol–water partition coefficient (Wildman–Crippen LogP) is 3.86. The van der Waals surface area contributed by atoms with Crippen LogP contribution in [0.1, 0.15) is 51.3 Å². The van der Waals surface area contributed by atoms with Crippen LogP contribution in [0.4, 0.5) is 9.18 Å². The quantitative estimate of drug-likeness (QED) is 0.694. The third kappa shape index (κ3) is 4.76. The number of carbonyl (C=O) groups is 2. The molecular formula is C25H30FN5O3. The fourth-order valence-electron chi connectivity index (χ4n) is 5.04. The van der Waals surface area contributed by atoms with Gasteiger partial charge in [-0.2, -0.15) is 10.4 Å². The summed E-state index contributed by atoms with van der Waals surface area (Å²) < 4.78 is 20.4. The SMILES string of the molecule is Cc1n[nH]cc1-c1ccc(CC(C#N)NC(=O)[C@@H]2C3CC[C@H](C3)N2C(=O)OC(C)(C)C)c(F)c1. The highest BCUT2D eigenvalue weighted by Gasteiger charge is 2.52. The summed E-state index contributed by atoms with van der Waals surface area (Å²) in [6.07, 6.45) is 3.65. The Balaban J connectivity index is 1.46. The van der Waals surface area contributed by atoms with Crippen molar-refractivity contribution in [2.45, 2.75) is 77.1 Å². The number of ether oxygens (including phenoxy) is 1. The summed E-state index contributed by atoms with van der Waals surface area (Å²) in [4.78, 5) is 27.5. The fraction of sp³-hybridized carbons (Fsp3) is 0.520. The Bertz CT molecular complexity index is 1130. The van der Waals surface area contributed by atoms with E-state index in [9.17, 15) is 19.2 Å². The Kier molecular flexibility index (Phi) is 6.34. The average Bonchev–Trinajstić information content (AvgIpc) is 3.49. The summed E-state index contributed by atoms with van der Waals surface area (Å²) in [5, 5.41) is 19.2. The first kappa shape index (κ1) is 23.7. The maximum atomic E-state index is 14.8. The van der Waals surface area contributed by atoms with Gasteiger partial charge in [-0.15, -0.1) is 0 Å². The molecule has 180 valence electrons. The van der Waals surface area contributed by atoms with E-state index in [1.165, 1.54) is 11.0 Å². The predicted molar refractivity (Wildman–Crippen MR) is 123 cm³/mol. The zero-order valence-electron chi connectivity index (χ0n) is 19.9. The van der Waals surface area contributed by atoms with E-state index in [1.54, 1.807) is 39.1 Å². The van der Waals surface area contributed by atoms with E-state index in [2.05, 4.69) is 21.6 Å². The molecule has 2 aliphatic rings. The van der Waals surface area contributed by atoms with Crippen molar-refractivity contribution in [3.8, 4) is 17.2 Å². The van der Waals surface area contributed by atoms with Gasteiger partial charge in [0.1, 0.15) is 23.5 Å². The number of H-pyrrole nitrogens is 1. The van der Waals surface area contributed by atoms with Crippen molar-refractivity contribution in [1.29, 1.82) is 5.26 Å². The first-order valence-electron chi connectivity index (χ1n) is 11.6. The molecule has 2 fully saturated rings. The first-order valence-corrected chi connectivity index (χ1v) is 11.6. The van der Waals surface area contributed by atoms with Gasteiger partial charge in [-0.3, -0.25) is 14.8 Å². The molecule has 0 spiro atoms. The maximum Gasteiger partial charge on any atom is 0.411 e. The van der Waals surface area contributed by atoms with Crippen molar-refractivity contribution in [2.24, 2.45) is 5.92 Å². The second kappa shape index (κ2) is 9.09. The molecule has 1 aromatic heterocycles. The highest BCUT2D eigenvalue weighted by molar-refractivity contribution is 5.87. The minimum absolute atomic E-state index is 0.0198. The summed E-state index contributed by atoms with van der Waals surface area (Å²) in [5.74, 6) is -0.815. The molecule has 2 unspecified atom stereocenters. The highest BCUT2D eigenvalue weighted by Crippen LogP contribution is 2.43. The van der Waals surface area contributed by atoms with E-state index in [0.29, 0.717) is 11.1 Å². The molecule has 1 aromatic carbocycles. The molecule has 1 aliphatic carbocycles. The zero-order valence-corrected chi connectivity index (χ0v) is 19.9. The lowest BCUT2D eigenvalue weighted by Crippen LogP contribution is -2.55. The lowest BCUT2D eigenvalue weighted by Gasteiger charge is -2.35. The maximum absolute atomic E-state index is 14.8. The number of aromatic amines is 1. The minimum Gasteiger partial charge on any atom is -0.444 e.